The minimum Gasteiger partial charge on any atom is -0.447 e. The molecule has 0 aliphatic carbocycles. The molecule has 5 heteroatoms. The number of hydrogen-bond acceptors (Lipinski definition) is 4. The molecule has 0 bridgehead atoms. The summed E-state index contributed by atoms with van der Waals surface area (Å²) >= 11 is 0. The third-order valence-electron chi connectivity index (χ3n) is 1.57. The average Bonchev–Trinajstić information content (AvgIpc) is 1.84. The van der Waals surface area contributed by atoms with Gasteiger partial charge in [-0.3, -0.25) is 9.80 Å². The Morgan fingerprint density at radius 1 is 1.33 bits per heavy atom. The maximum Gasteiger partial charge on any atom is 0.404 e. The minimum absolute atomic E-state index is 0.0671. The summed E-state index contributed by atoms with van der Waals surface area (Å²) in [6.07, 6.45) is -0.666. The van der Waals surface area contributed by atoms with E-state index in [9.17, 15) is 4.79 Å². The molecule has 0 saturated heterocycles. The van der Waals surface area contributed by atoms with E-state index in [1.165, 1.54) is 0 Å². The van der Waals surface area contributed by atoms with Crippen LogP contribution in [-0.4, -0.2) is 56.9 Å². The molecular weight excluding hydrogens is 158 g/mol. The van der Waals surface area contributed by atoms with E-state index in [0.29, 0.717) is 0 Å². The van der Waals surface area contributed by atoms with Crippen LogP contribution in [0.15, 0.2) is 0 Å². The summed E-state index contributed by atoms with van der Waals surface area (Å²) in [6, 6.07) is 0. The van der Waals surface area contributed by atoms with Crippen molar-refractivity contribution in [1.82, 2.24) is 9.80 Å². The Morgan fingerprint density at radius 2 is 1.75 bits per heavy atom. The normalized spacial score (nSPS) is 11.2. The number of amides is 1. The SMILES string of the molecule is CN(C)C(COC(N)=O)N(C)C. The molecule has 5 nitrogen and oxygen atoms in total. The van der Waals surface area contributed by atoms with Gasteiger partial charge >= 0.3 is 6.09 Å². The van der Waals surface area contributed by atoms with Crippen LogP contribution in [0.5, 0.6) is 0 Å². The smallest absolute Gasteiger partial charge is 0.404 e. The van der Waals surface area contributed by atoms with E-state index < -0.39 is 6.09 Å². The molecule has 0 unspecified atom stereocenters. The van der Waals surface area contributed by atoms with Gasteiger partial charge in [-0.25, -0.2) is 4.79 Å². The van der Waals surface area contributed by atoms with E-state index in [2.05, 4.69) is 4.74 Å². The summed E-state index contributed by atoms with van der Waals surface area (Å²) in [5.74, 6) is 0. The van der Waals surface area contributed by atoms with Crippen molar-refractivity contribution in [3.05, 3.63) is 0 Å². The van der Waals surface area contributed by atoms with Crippen molar-refractivity contribution in [3.8, 4) is 0 Å². The van der Waals surface area contributed by atoms with E-state index in [-0.39, 0.29) is 12.8 Å². The fourth-order valence-electron chi connectivity index (χ4n) is 0.917. The van der Waals surface area contributed by atoms with Gasteiger partial charge in [0.05, 0.1) is 6.17 Å². The van der Waals surface area contributed by atoms with Gasteiger partial charge in [-0.1, -0.05) is 0 Å². The molecule has 0 aromatic heterocycles. The van der Waals surface area contributed by atoms with Gasteiger partial charge in [-0.2, -0.15) is 0 Å². The summed E-state index contributed by atoms with van der Waals surface area (Å²) < 4.78 is 4.68. The van der Waals surface area contributed by atoms with E-state index in [1.54, 1.807) is 0 Å². The Bertz CT molecular complexity index is 140. The zero-order valence-corrected chi connectivity index (χ0v) is 8.07. The lowest BCUT2D eigenvalue weighted by atomic mass is 10.4. The molecule has 0 radical (unpaired) electrons. The summed E-state index contributed by atoms with van der Waals surface area (Å²) in [7, 11) is 7.65. The highest BCUT2D eigenvalue weighted by molar-refractivity contribution is 5.64. The predicted molar refractivity (Wildman–Crippen MR) is 46.7 cm³/mol. The highest BCUT2D eigenvalue weighted by atomic mass is 16.5. The molecule has 0 heterocycles. The number of ether oxygens (including phenoxy) is 1. The van der Waals surface area contributed by atoms with Gasteiger partial charge in [-0.15, -0.1) is 0 Å². The number of likely N-dealkylation sites (N-methyl/N-ethyl adjacent to an activating group) is 2. The van der Waals surface area contributed by atoms with Gasteiger partial charge in [0.2, 0.25) is 0 Å². The predicted octanol–water partition coefficient (Wildman–Crippen LogP) is -0.469. The average molecular weight is 175 g/mol. The summed E-state index contributed by atoms with van der Waals surface area (Å²) in [5.41, 5.74) is 4.84. The highest BCUT2D eigenvalue weighted by Crippen LogP contribution is 1.97. The molecule has 72 valence electrons. The molecule has 0 aliphatic rings. The van der Waals surface area contributed by atoms with Crippen molar-refractivity contribution in [3.63, 3.8) is 0 Å². The second-order valence-corrected chi connectivity index (χ2v) is 3.04. The van der Waals surface area contributed by atoms with Crippen LogP contribution < -0.4 is 5.73 Å². The van der Waals surface area contributed by atoms with Crippen molar-refractivity contribution in [1.29, 1.82) is 0 Å². The van der Waals surface area contributed by atoms with Crippen LogP contribution in [0.2, 0.25) is 0 Å². The number of carbonyl (C=O) groups is 1. The van der Waals surface area contributed by atoms with Crippen molar-refractivity contribution < 1.29 is 9.53 Å². The molecule has 0 atom stereocenters. The molecule has 2 N–H and O–H groups in total. The Balaban J connectivity index is 3.88. The van der Waals surface area contributed by atoms with Crippen LogP contribution in [-0.2, 0) is 4.74 Å². The number of hydrogen-bond donors (Lipinski definition) is 1. The monoisotopic (exact) mass is 175 g/mol. The second-order valence-electron chi connectivity index (χ2n) is 3.04. The molecule has 0 aliphatic heterocycles. The molecule has 0 fully saturated rings. The first-order chi connectivity index (χ1) is 5.45. The van der Waals surface area contributed by atoms with E-state index in [1.807, 2.05) is 38.0 Å². The lowest BCUT2D eigenvalue weighted by Crippen LogP contribution is -2.44. The summed E-state index contributed by atoms with van der Waals surface area (Å²) in [4.78, 5) is 14.2. The van der Waals surface area contributed by atoms with Crippen LogP contribution in [0.1, 0.15) is 0 Å². The number of carbonyl (C=O) groups excluding carboxylic acids is 1. The highest BCUT2D eigenvalue weighted by Gasteiger charge is 2.14. The van der Waals surface area contributed by atoms with Crippen molar-refractivity contribution in [2.24, 2.45) is 5.73 Å². The standard InChI is InChI=1S/C7H17N3O2/c1-9(2)6(10(3)4)5-12-7(8)11/h6H,5H2,1-4H3,(H2,8,11). The third kappa shape index (κ3) is 4.15. The Labute approximate surface area is 73.1 Å². The third-order valence-corrected chi connectivity index (χ3v) is 1.57. The first-order valence-electron chi connectivity index (χ1n) is 3.70. The molecule has 0 spiro atoms. The molecule has 0 aromatic carbocycles. The summed E-state index contributed by atoms with van der Waals surface area (Å²) in [5, 5.41) is 0. The quantitative estimate of drug-likeness (QED) is 0.587. The van der Waals surface area contributed by atoms with E-state index in [4.69, 9.17) is 5.73 Å². The molecule has 12 heavy (non-hydrogen) atoms. The zero-order valence-electron chi connectivity index (χ0n) is 8.07. The Morgan fingerprint density at radius 3 is 2.00 bits per heavy atom. The molecule has 0 aromatic rings. The second kappa shape index (κ2) is 4.95. The van der Waals surface area contributed by atoms with Gasteiger partial charge in [0, 0.05) is 0 Å². The Kier molecular flexibility index (Phi) is 4.61. The first kappa shape index (κ1) is 11.2. The van der Waals surface area contributed by atoms with E-state index in [0.717, 1.165) is 0 Å². The number of nitrogens with two attached hydrogens (primary N) is 1. The molecular formula is C7H17N3O2. The van der Waals surface area contributed by atoms with Gasteiger partial charge in [0.1, 0.15) is 6.61 Å². The van der Waals surface area contributed by atoms with Crippen LogP contribution in [0.3, 0.4) is 0 Å². The minimum atomic E-state index is -0.733. The lowest BCUT2D eigenvalue weighted by molar-refractivity contribution is 0.0506. The number of primary amides is 1. The molecule has 0 saturated carbocycles. The maximum absolute atomic E-state index is 10.3. The van der Waals surface area contributed by atoms with Crippen LogP contribution in [0.4, 0.5) is 4.79 Å². The fraction of sp³-hybridized carbons (Fsp3) is 0.857. The number of nitrogens with zero attached hydrogens (tertiary/aromatic N) is 2. The number of rotatable bonds is 4. The van der Waals surface area contributed by atoms with Crippen LogP contribution >= 0.6 is 0 Å². The van der Waals surface area contributed by atoms with Crippen LogP contribution in [0, 0.1) is 0 Å². The van der Waals surface area contributed by atoms with Gasteiger partial charge < -0.3 is 10.5 Å². The first-order valence-corrected chi connectivity index (χ1v) is 3.70. The van der Waals surface area contributed by atoms with Crippen molar-refractivity contribution in [2.45, 2.75) is 6.17 Å². The fourth-order valence-corrected chi connectivity index (χ4v) is 0.917. The molecule has 1 amide bonds. The molecule has 0 rings (SSSR count). The maximum atomic E-state index is 10.3. The largest absolute Gasteiger partial charge is 0.447 e. The topological polar surface area (TPSA) is 58.8 Å². The lowest BCUT2D eigenvalue weighted by Gasteiger charge is -2.29. The van der Waals surface area contributed by atoms with Crippen LogP contribution in [0.25, 0.3) is 0 Å². The van der Waals surface area contributed by atoms with Gasteiger partial charge in [0.15, 0.2) is 0 Å². The van der Waals surface area contributed by atoms with E-state index >= 15 is 0 Å². The van der Waals surface area contributed by atoms with Gasteiger partial charge in [0.25, 0.3) is 0 Å². The van der Waals surface area contributed by atoms with Crippen molar-refractivity contribution >= 4 is 6.09 Å². The van der Waals surface area contributed by atoms with Gasteiger partial charge in [-0.05, 0) is 28.2 Å². The summed E-state index contributed by atoms with van der Waals surface area (Å²) in [6.45, 7) is 0.287. The van der Waals surface area contributed by atoms with Crippen molar-refractivity contribution in [2.75, 3.05) is 34.8 Å². The Hall–Kier alpha value is -0.810. The zero-order chi connectivity index (χ0) is 9.72.